The molecule has 2 aromatic heterocycles. The van der Waals surface area contributed by atoms with Crippen LogP contribution in [0.4, 0.5) is 11.4 Å². The SMILES string of the molecule is Cc1cc(=O)n2c(C(=O)Nc3cccc(C(=O)OC(C)C)c3)c(C(=O)Nc3ccc(Oc4ccccc4)cc3)sc2n1. The van der Waals surface area contributed by atoms with E-state index in [4.69, 9.17) is 9.47 Å². The first-order valence-electron chi connectivity index (χ1n) is 13.0. The number of rotatable bonds is 8. The molecule has 0 spiro atoms. The van der Waals surface area contributed by atoms with Crippen LogP contribution in [0.2, 0.25) is 0 Å². The molecule has 212 valence electrons. The van der Waals surface area contributed by atoms with Gasteiger partial charge in [-0.05, 0) is 75.4 Å². The van der Waals surface area contributed by atoms with Crippen molar-refractivity contribution in [2.24, 2.45) is 0 Å². The summed E-state index contributed by atoms with van der Waals surface area (Å²) >= 11 is 0.918. The summed E-state index contributed by atoms with van der Waals surface area (Å²) in [6, 6.07) is 23.5. The normalized spacial score (nSPS) is 10.9. The van der Waals surface area contributed by atoms with E-state index in [1.165, 1.54) is 12.1 Å². The Hall–Kier alpha value is -5.29. The molecule has 2 N–H and O–H groups in total. The van der Waals surface area contributed by atoms with E-state index in [0.29, 0.717) is 22.9 Å². The van der Waals surface area contributed by atoms with Crippen LogP contribution in [0.1, 0.15) is 50.1 Å². The first-order chi connectivity index (χ1) is 20.2. The van der Waals surface area contributed by atoms with Gasteiger partial charge in [-0.15, -0.1) is 0 Å². The van der Waals surface area contributed by atoms with Crippen LogP contribution in [0.3, 0.4) is 0 Å². The second kappa shape index (κ2) is 12.1. The van der Waals surface area contributed by atoms with Crippen molar-refractivity contribution in [1.82, 2.24) is 9.38 Å². The molecule has 11 heteroatoms. The summed E-state index contributed by atoms with van der Waals surface area (Å²) in [5, 5.41) is 5.47. The highest BCUT2D eigenvalue weighted by molar-refractivity contribution is 7.19. The third-order valence-corrected chi connectivity index (χ3v) is 6.90. The Morgan fingerprint density at radius 1 is 0.833 bits per heavy atom. The molecule has 0 aliphatic rings. The molecule has 0 saturated heterocycles. The lowest BCUT2D eigenvalue weighted by Gasteiger charge is -2.11. The van der Waals surface area contributed by atoms with Gasteiger partial charge in [0.05, 0.1) is 11.7 Å². The molecule has 0 aliphatic carbocycles. The Morgan fingerprint density at radius 3 is 2.24 bits per heavy atom. The number of para-hydroxylation sites is 1. The number of hydrogen-bond acceptors (Lipinski definition) is 8. The smallest absolute Gasteiger partial charge is 0.338 e. The summed E-state index contributed by atoms with van der Waals surface area (Å²) < 4.78 is 12.1. The minimum Gasteiger partial charge on any atom is -0.459 e. The summed E-state index contributed by atoms with van der Waals surface area (Å²) in [5.74, 6) is -0.616. The van der Waals surface area contributed by atoms with Crippen LogP contribution in [-0.4, -0.2) is 33.3 Å². The summed E-state index contributed by atoms with van der Waals surface area (Å²) in [5.41, 5.74) is 0.747. The van der Waals surface area contributed by atoms with E-state index < -0.39 is 23.3 Å². The molecule has 10 nitrogen and oxygen atoms in total. The quantitative estimate of drug-likeness (QED) is 0.217. The predicted molar refractivity (Wildman–Crippen MR) is 160 cm³/mol. The van der Waals surface area contributed by atoms with Crippen molar-refractivity contribution in [1.29, 1.82) is 0 Å². The average Bonchev–Trinajstić information content (AvgIpc) is 3.35. The topological polar surface area (TPSA) is 128 Å². The molecule has 2 heterocycles. The van der Waals surface area contributed by atoms with Gasteiger partial charge in [-0.25, -0.2) is 14.2 Å². The van der Waals surface area contributed by atoms with Gasteiger partial charge in [0.2, 0.25) is 0 Å². The van der Waals surface area contributed by atoms with Crippen molar-refractivity contribution in [2.45, 2.75) is 26.9 Å². The van der Waals surface area contributed by atoms with Crippen LogP contribution in [-0.2, 0) is 4.74 Å². The molecule has 0 bridgehead atoms. The van der Waals surface area contributed by atoms with Crippen LogP contribution in [0, 0.1) is 6.92 Å². The minimum absolute atomic E-state index is 0.0114. The Morgan fingerprint density at radius 2 is 1.52 bits per heavy atom. The largest absolute Gasteiger partial charge is 0.459 e. The number of amides is 2. The van der Waals surface area contributed by atoms with E-state index in [0.717, 1.165) is 15.7 Å². The Kier molecular flexibility index (Phi) is 8.12. The number of aryl methyl sites for hydroxylation is 1. The zero-order chi connectivity index (χ0) is 29.8. The summed E-state index contributed by atoms with van der Waals surface area (Å²) in [6.07, 6.45) is -0.315. The van der Waals surface area contributed by atoms with Crippen LogP contribution in [0.15, 0.2) is 89.7 Å². The van der Waals surface area contributed by atoms with Gasteiger partial charge in [0.1, 0.15) is 22.1 Å². The van der Waals surface area contributed by atoms with Gasteiger partial charge in [0, 0.05) is 23.1 Å². The fraction of sp³-hybridized carbons (Fsp3) is 0.129. The molecule has 5 rings (SSSR count). The van der Waals surface area contributed by atoms with E-state index in [-0.39, 0.29) is 32.9 Å². The number of carbonyl (C=O) groups is 3. The molecule has 0 unspecified atom stereocenters. The highest BCUT2D eigenvalue weighted by Gasteiger charge is 2.26. The zero-order valence-electron chi connectivity index (χ0n) is 22.9. The first kappa shape index (κ1) is 28.2. The van der Waals surface area contributed by atoms with Gasteiger partial charge >= 0.3 is 5.97 Å². The molecule has 0 fully saturated rings. The Labute approximate surface area is 244 Å². The Bertz CT molecular complexity index is 1850. The van der Waals surface area contributed by atoms with Crippen LogP contribution >= 0.6 is 11.3 Å². The second-order valence-electron chi connectivity index (χ2n) is 9.52. The third kappa shape index (κ3) is 6.37. The maximum atomic E-state index is 13.6. The highest BCUT2D eigenvalue weighted by atomic mass is 32.1. The van der Waals surface area contributed by atoms with E-state index in [9.17, 15) is 19.2 Å². The number of anilines is 2. The molecule has 5 aromatic rings. The van der Waals surface area contributed by atoms with Gasteiger partial charge in [-0.3, -0.25) is 14.4 Å². The average molecular weight is 583 g/mol. The van der Waals surface area contributed by atoms with Crippen LogP contribution < -0.4 is 20.9 Å². The predicted octanol–water partition coefficient (Wildman–Crippen LogP) is 5.93. The summed E-state index contributed by atoms with van der Waals surface area (Å²) in [7, 11) is 0. The van der Waals surface area contributed by atoms with Crippen molar-refractivity contribution in [3.05, 3.63) is 117 Å². The lowest BCUT2D eigenvalue weighted by atomic mass is 10.2. The fourth-order valence-corrected chi connectivity index (χ4v) is 5.13. The van der Waals surface area contributed by atoms with Crippen molar-refractivity contribution < 1.29 is 23.9 Å². The zero-order valence-corrected chi connectivity index (χ0v) is 23.7. The fourth-order valence-electron chi connectivity index (χ4n) is 4.06. The van der Waals surface area contributed by atoms with Crippen molar-refractivity contribution in [2.75, 3.05) is 10.6 Å². The monoisotopic (exact) mass is 582 g/mol. The number of thiazole rings is 1. The number of benzene rings is 3. The van der Waals surface area contributed by atoms with Crippen LogP contribution in [0.5, 0.6) is 11.5 Å². The highest BCUT2D eigenvalue weighted by Crippen LogP contribution is 2.26. The van der Waals surface area contributed by atoms with E-state index in [2.05, 4.69) is 15.6 Å². The van der Waals surface area contributed by atoms with Crippen molar-refractivity contribution in [3.8, 4) is 11.5 Å². The number of nitrogens with one attached hydrogen (secondary N) is 2. The molecule has 3 aromatic carbocycles. The minimum atomic E-state index is -0.722. The third-order valence-electron chi connectivity index (χ3n) is 5.86. The maximum absolute atomic E-state index is 13.6. The first-order valence-corrected chi connectivity index (χ1v) is 13.8. The molecule has 0 saturated carbocycles. The number of fused-ring (bicyclic) bond motifs is 1. The van der Waals surface area contributed by atoms with Gasteiger partial charge in [-0.1, -0.05) is 35.6 Å². The van der Waals surface area contributed by atoms with E-state index in [1.54, 1.807) is 63.2 Å². The van der Waals surface area contributed by atoms with Gasteiger partial charge in [-0.2, -0.15) is 0 Å². The van der Waals surface area contributed by atoms with E-state index >= 15 is 0 Å². The number of hydrogen-bond donors (Lipinski definition) is 2. The summed E-state index contributed by atoms with van der Waals surface area (Å²) in [4.78, 5) is 56.9. The number of carbonyl (C=O) groups excluding carboxylic acids is 3. The molecule has 0 aliphatic heterocycles. The van der Waals surface area contributed by atoms with Crippen molar-refractivity contribution >= 4 is 45.5 Å². The summed E-state index contributed by atoms with van der Waals surface area (Å²) in [6.45, 7) is 5.12. The lowest BCUT2D eigenvalue weighted by molar-refractivity contribution is 0.0377. The van der Waals surface area contributed by atoms with Crippen molar-refractivity contribution in [3.63, 3.8) is 0 Å². The molecular weight excluding hydrogens is 556 g/mol. The second-order valence-corrected chi connectivity index (χ2v) is 10.5. The molecule has 0 atom stereocenters. The Balaban J connectivity index is 1.43. The van der Waals surface area contributed by atoms with Gasteiger partial charge in [0.15, 0.2) is 4.96 Å². The molecule has 0 radical (unpaired) electrons. The van der Waals surface area contributed by atoms with Gasteiger partial charge < -0.3 is 20.1 Å². The molecule has 42 heavy (non-hydrogen) atoms. The van der Waals surface area contributed by atoms with Crippen LogP contribution in [0.25, 0.3) is 4.96 Å². The standard InChI is InChI=1S/C31H26N4O6S/c1-18(2)40-30(39)20-8-7-9-22(17-20)34-28(37)26-27(42-31-32-19(3)16-25(36)35(26)31)29(38)33-21-12-14-24(15-13-21)41-23-10-5-4-6-11-23/h4-18H,1-3H3,(H,33,38)(H,34,37). The maximum Gasteiger partial charge on any atom is 0.338 e. The number of esters is 1. The number of nitrogens with zero attached hydrogens (tertiary/aromatic N) is 2. The van der Waals surface area contributed by atoms with E-state index in [1.807, 2.05) is 30.3 Å². The lowest BCUT2D eigenvalue weighted by Crippen LogP contribution is -2.25. The number of ether oxygens (including phenoxy) is 2. The molecular formula is C31H26N4O6S. The number of aromatic nitrogens is 2. The molecule has 2 amide bonds. The van der Waals surface area contributed by atoms with Gasteiger partial charge in [0.25, 0.3) is 17.4 Å².